The number of hydrogen-bond donors (Lipinski definition) is 1. The van der Waals surface area contributed by atoms with Crippen LogP contribution in [-0.4, -0.2) is 20.6 Å². The maximum absolute atomic E-state index is 12.4. The zero-order valence-corrected chi connectivity index (χ0v) is 13.9. The highest BCUT2D eigenvalue weighted by atomic mass is 35.5. The van der Waals surface area contributed by atoms with Crippen LogP contribution >= 0.6 is 11.6 Å². The van der Waals surface area contributed by atoms with Gasteiger partial charge in [-0.1, -0.05) is 29.8 Å². The number of hydrogen-bond acceptors (Lipinski definition) is 5. The van der Waals surface area contributed by atoms with E-state index in [4.69, 9.17) is 11.6 Å². The van der Waals surface area contributed by atoms with Gasteiger partial charge in [-0.15, -0.1) is 0 Å². The average molecular weight is 371 g/mol. The first kappa shape index (κ1) is 17.3. The molecule has 0 aliphatic rings. The van der Waals surface area contributed by atoms with Crippen molar-refractivity contribution in [2.75, 3.05) is 5.32 Å². The third-order valence-corrected chi connectivity index (χ3v) is 3.68. The summed E-state index contributed by atoms with van der Waals surface area (Å²) in [4.78, 5) is 34.9. The number of aromatic nitrogens is 2. The summed E-state index contributed by atoms with van der Waals surface area (Å²) in [7, 11) is 0. The molecule has 2 aromatic carbocycles. The molecule has 0 spiro atoms. The van der Waals surface area contributed by atoms with Gasteiger partial charge in [-0.25, -0.2) is 4.68 Å². The second-order valence-electron chi connectivity index (χ2n) is 5.18. The van der Waals surface area contributed by atoms with Crippen molar-refractivity contribution < 1.29 is 9.72 Å². The number of para-hydroxylation sites is 2. The van der Waals surface area contributed by atoms with Crippen LogP contribution in [0.25, 0.3) is 5.69 Å². The van der Waals surface area contributed by atoms with Crippen molar-refractivity contribution in [2.45, 2.75) is 0 Å². The van der Waals surface area contributed by atoms with E-state index in [0.717, 1.165) is 0 Å². The molecule has 3 aromatic rings. The molecule has 26 heavy (non-hydrogen) atoms. The Hall–Kier alpha value is -3.52. The van der Waals surface area contributed by atoms with E-state index in [2.05, 4.69) is 10.4 Å². The molecule has 8 nitrogen and oxygen atoms in total. The molecule has 0 radical (unpaired) electrons. The highest BCUT2D eigenvalue weighted by molar-refractivity contribution is 6.30. The van der Waals surface area contributed by atoms with Crippen molar-refractivity contribution in [2.24, 2.45) is 0 Å². The summed E-state index contributed by atoms with van der Waals surface area (Å²) in [5.41, 5.74) is -0.768. The summed E-state index contributed by atoms with van der Waals surface area (Å²) in [5.74, 6) is -0.847. The summed E-state index contributed by atoms with van der Waals surface area (Å²) in [5, 5.41) is 17.9. The molecule has 0 saturated carbocycles. The van der Waals surface area contributed by atoms with E-state index in [0.29, 0.717) is 10.7 Å². The number of anilines is 1. The predicted molar refractivity (Wildman–Crippen MR) is 95.9 cm³/mol. The van der Waals surface area contributed by atoms with Crippen molar-refractivity contribution in [3.8, 4) is 5.69 Å². The standard InChI is InChI=1S/C17H11ClN4O4/c18-11-4-3-5-12(10-11)21-9-8-15(23)16(20-21)17(24)19-13-6-1-2-7-14(13)22(25)26/h1-10H,(H,19,24). The Kier molecular flexibility index (Phi) is 4.76. The Morgan fingerprint density at radius 2 is 1.92 bits per heavy atom. The molecule has 1 amide bonds. The van der Waals surface area contributed by atoms with Crippen LogP contribution in [0, 0.1) is 10.1 Å². The van der Waals surface area contributed by atoms with E-state index in [1.54, 1.807) is 24.3 Å². The Labute approximate surface area is 151 Å². The van der Waals surface area contributed by atoms with Gasteiger partial charge in [-0.05, 0) is 24.3 Å². The third kappa shape index (κ3) is 3.60. The van der Waals surface area contributed by atoms with Gasteiger partial charge in [0.05, 0.1) is 10.6 Å². The van der Waals surface area contributed by atoms with E-state index in [1.165, 1.54) is 41.2 Å². The van der Waals surface area contributed by atoms with Crippen LogP contribution in [0.5, 0.6) is 0 Å². The van der Waals surface area contributed by atoms with Crippen LogP contribution in [0.1, 0.15) is 10.5 Å². The van der Waals surface area contributed by atoms with Crippen molar-refractivity contribution in [3.63, 3.8) is 0 Å². The van der Waals surface area contributed by atoms with Gasteiger partial charge < -0.3 is 5.32 Å². The first-order valence-corrected chi connectivity index (χ1v) is 7.74. The number of nitrogens with one attached hydrogen (secondary N) is 1. The summed E-state index contributed by atoms with van der Waals surface area (Å²) in [6.45, 7) is 0. The normalized spacial score (nSPS) is 10.3. The lowest BCUT2D eigenvalue weighted by atomic mass is 10.2. The maximum Gasteiger partial charge on any atom is 0.292 e. The molecule has 130 valence electrons. The fourth-order valence-corrected chi connectivity index (χ4v) is 2.43. The molecule has 0 atom stereocenters. The first-order valence-electron chi connectivity index (χ1n) is 7.36. The van der Waals surface area contributed by atoms with Gasteiger partial charge in [0.1, 0.15) is 5.69 Å². The average Bonchev–Trinajstić information content (AvgIpc) is 2.62. The molecule has 1 heterocycles. The molecule has 1 N–H and O–H groups in total. The van der Waals surface area contributed by atoms with E-state index in [9.17, 15) is 19.7 Å². The maximum atomic E-state index is 12.4. The van der Waals surface area contributed by atoms with Crippen molar-refractivity contribution >= 4 is 28.9 Å². The number of benzene rings is 2. The molecule has 3 rings (SSSR count). The Morgan fingerprint density at radius 1 is 1.15 bits per heavy atom. The molecular formula is C17H11ClN4O4. The van der Waals surface area contributed by atoms with Crippen LogP contribution in [0.15, 0.2) is 65.6 Å². The highest BCUT2D eigenvalue weighted by Gasteiger charge is 2.19. The summed E-state index contributed by atoms with van der Waals surface area (Å²) < 4.78 is 1.32. The molecule has 1 aromatic heterocycles. The van der Waals surface area contributed by atoms with Crippen LogP contribution in [-0.2, 0) is 0 Å². The monoisotopic (exact) mass is 370 g/mol. The lowest BCUT2D eigenvalue weighted by Gasteiger charge is -2.08. The van der Waals surface area contributed by atoms with Crippen LogP contribution in [0.4, 0.5) is 11.4 Å². The van der Waals surface area contributed by atoms with E-state index < -0.39 is 22.0 Å². The number of carbonyl (C=O) groups excluding carboxylic acids is 1. The number of nitro groups is 1. The minimum atomic E-state index is -0.847. The number of carbonyl (C=O) groups is 1. The predicted octanol–water partition coefficient (Wildman–Crippen LogP) is 3.05. The van der Waals surface area contributed by atoms with Gasteiger partial charge >= 0.3 is 0 Å². The Balaban J connectivity index is 1.97. The van der Waals surface area contributed by atoms with Gasteiger partial charge in [0, 0.05) is 23.4 Å². The second-order valence-corrected chi connectivity index (χ2v) is 5.62. The Morgan fingerprint density at radius 3 is 2.65 bits per heavy atom. The molecule has 0 bridgehead atoms. The van der Waals surface area contributed by atoms with Gasteiger partial charge in [0.2, 0.25) is 5.43 Å². The van der Waals surface area contributed by atoms with Crippen LogP contribution in [0.3, 0.4) is 0 Å². The second kappa shape index (κ2) is 7.16. The molecule has 0 aliphatic carbocycles. The van der Waals surface area contributed by atoms with E-state index in [-0.39, 0.29) is 11.4 Å². The van der Waals surface area contributed by atoms with Crippen molar-refractivity contribution in [1.82, 2.24) is 9.78 Å². The zero-order valence-electron chi connectivity index (χ0n) is 13.1. The van der Waals surface area contributed by atoms with Crippen molar-refractivity contribution in [1.29, 1.82) is 0 Å². The lowest BCUT2D eigenvalue weighted by molar-refractivity contribution is -0.383. The van der Waals surface area contributed by atoms with Crippen LogP contribution < -0.4 is 10.7 Å². The largest absolute Gasteiger partial charge is 0.315 e. The number of halogens is 1. The lowest BCUT2D eigenvalue weighted by Crippen LogP contribution is -2.25. The third-order valence-electron chi connectivity index (χ3n) is 3.45. The zero-order chi connectivity index (χ0) is 18.7. The Bertz CT molecular complexity index is 1060. The number of rotatable bonds is 4. The summed E-state index contributed by atoms with van der Waals surface area (Å²) in [6, 6.07) is 13.5. The van der Waals surface area contributed by atoms with E-state index in [1.807, 2.05) is 0 Å². The topological polar surface area (TPSA) is 107 Å². The fraction of sp³-hybridized carbons (Fsp3) is 0. The van der Waals surface area contributed by atoms with Crippen LogP contribution in [0.2, 0.25) is 5.02 Å². The smallest absolute Gasteiger partial charge is 0.292 e. The van der Waals surface area contributed by atoms with Gasteiger partial charge in [0.25, 0.3) is 11.6 Å². The molecular weight excluding hydrogens is 360 g/mol. The van der Waals surface area contributed by atoms with Crippen molar-refractivity contribution in [3.05, 3.63) is 91.8 Å². The van der Waals surface area contributed by atoms with E-state index >= 15 is 0 Å². The fourth-order valence-electron chi connectivity index (χ4n) is 2.25. The minimum Gasteiger partial charge on any atom is -0.315 e. The number of nitro benzene ring substituents is 1. The molecule has 0 saturated heterocycles. The summed E-state index contributed by atoms with van der Waals surface area (Å²) >= 11 is 5.94. The van der Waals surface area contributed by atoms with Gasteiger partial charge in [-0.2, -0.15) is 5.10 Å². The molecule has 0 unspecified atom stereocenters. The van der Waals surface area contributed by atoms with Gasteiger partial charge in [0.15, 0.2) is 5.69 Å². The number of nitrogens with zero attached hydrogens (tertiary/aromatic N) is 3. The highest BCUT2D eigenvalue weighted by Crippen LogP contribution is 2.23. The first-order chi connectivity index (χ1) is 12.5. The van der Waals surface area contributed by atoms with Gasteiger partial charge in [-0.3, -0.25) is 19.7 Å². The molecule has 0 fully saturated rings. The summed E-state index contributed by atoms with van der Waals surface area (Å²) in [6.07, 6.45) is 1.40. The quantitative estimate of drug-likeness (QED) is 0.561. The SMILES string of the molecule is O=C(Nc1ccccc1[N+](=O)[O-])c1nn(-c2cccc(Cl)c2)ccc1=O. The minimum absolute atomic E-state index is 0.0261. The molecule has 9 heteroatoms. The molecule has 0 aliphatic heterocycles. The number of amides is 1.